The summed E-state index contributed by atoms with van der Waals surface area (Å²) in [6.45, 7) is 9.95. The Labute approximate surface area is 278 Å². The molecule has 0 bridgehead atoms. The number of unbranched alkanes of at least 4 members (excludes halogenated alkanes) is 11. The van der Waals surface area contributed by atoms with Crippen molar-refractivity contribution in [2.45, 2.75) is 195 Å². The summed E-state index contributed by atoms with van der Waals surface area (Å²) < 4.78 is 5.26. The van der Waals surface area contributed by atoms with Gasteiger partial charge in [0.25, 0.3) is 0 Å². The predicted molar refractivity (Wildman–Crippen MR) is 189 cm³/mol. The number of allylic oxidation sites excluding steroid dienone is 2. The fourth-order valence-corrected chi connectivity index (χ4v) is 11.4. The number of esters is 2. The molecule has 8 atom stereocenters. The highest BCUT2D eigenvalue weighted by Crippen LogP contribution is 2.68. The van der Waals surface area contributed by atoms with E-state index in [1.165, 1.54) is 128 Å². The van der Waals surface area contributed by atoms with Crippen LogP contribution in [0.1, 0.15) is 195 Å². The van der Waals surface area contributed by atoms with Gasteiger partial charge in [0.2, 0.25) is 0 Å². The Morgan fingerprint density at radius 2 is 1.33 bits per heavy atom. The van der Waals surface area contributed by atoms with Crippen LogP contribution in [0, 0.1) is 46.3 Å². The van der Waals surface area contributed by atoms with Gasteiger partial charge in [-0.3, -0.25) is 9.59 Å². The summed E-state index contributed by atoms with van der Waals surface area (Å²) in [5.41, 5.74) is 1.04. The molecule has 0 spiro atoms. The van der Waals surface area contributed by atoms with Crippen LogP contribution in [0.3, 0.4) is 0 Å². The summed E-state index contributed by atoms with van der Waals surface area (Å²) >= 11 is 0. The first-order valence-electron chi connectivity index (χ1n) is 20.2. The van der Waals surface area contributed by atoms with Crippen molar-refractivity contribution in [3.8, 4) is 0 Å². The van der Waals surface area contributed by atoms with Crippen molar-refractivity contribution in [1.82, 2.24) is 0 Å². The minimum atomic E-state index is -0.316. The molecule has 0 aromatic carbocycles. The first kappa shape index (κ1) is 36.7. The monoisotopic (exact) mass is 625 g/mol. The molecule has 0 unspecified atom stereocenters. The van der Waals surface area contributed by atoms with Crippen molar-refractivity contribution in [2.75, 3.05) is 0 Å². The number of carbonyl (C=O) groups is 2. The third kappa shape index (κ3) is 9.95. The van der Waals surface area contributed by atoms with E-state index in [2.05, 4.69) is 39.8 Å². The standard InChI is InChI=1S/C42H72O3/c1-5-6-7-8-9-10-11-12-13-14-15-16-17-18-19-23-39(43)45-40(44)29-24-33(2)36-27-28-37-35-26-25-34-22-20-21-31-41(34,3)38(35)30-32-42(36,37)4/h12-13,33-38H,5-11,14-32H2,1-4H3/b13-12-/t33-,34+,35+,36-,37+,38+,41+,42-/m1/s1. The molecule has 4 rings (SSSR count). The fourth-order valence-electron chi connectivity index (χ4n) is 11.4. The topological polar surface area (TPSA) is 43.4 Å². The molecule has 3 heteroatoms. The fraction of sp³-hybridized carbons (Fsp3) is 0.905. The van der Waals surface area contributed by atoms with E-state index in [4.69, 9.17) is 4.74 Å². The molecule has 4 aliphatic carbocycles. The van der Waals surface area contributed by atoms with Gasteiger partial charge in [-0.1, -0.05) is 104 Å². The number of ether oxygens (including phenoxy) is 1. The van der Waals surface area contributed by atoms with Crippen molar-refractivity contribution < 1.29 is 14.3 Å². The molecule has 0 aromatic rings. The second-order valence-corrected chi connectivity index (χ2v) is 16.8. The molecule has 258 valence electrons. The van der Waals surface area contributed by atoms with E-state index in [1.54, 1.807) is 0 Å². The number of rotatable bonds is 19. The molecule has 45 heavy (non-hydrogen) atoms. The molecular formula is C42H72O3. The van der Waals surface area contributed by atoms with E-state index < -0.39 is 0 Å². The van der Waals surface area contributed by atoms with Crippen molar-refractivity contribution in [3.05, 3.63) is 12.2 Å². The van der Waals surface area contributed by atoms with Gasteiger partial charge >= 0.3 is 11.9 Å². The molecule has 0 aromatic heterocycles. The second kappa shape index (κ2) is 18.4. The van der Waals surface area contributed by atoms with Crippen molar-refractivity contribution in [3.63, 3.8) is 0 Å². The van der Waals surface area contributed by atoms with Crippen LogP contribution >= 0.6 is 0 Å². The zero-order chi connectivity index (χ0) is 32.1. The number of carbonyl (C=O) groups excluding carboxylic acids is 2. The smallest absolute Gasteiger partial charge is 0.313 e. The third-order valence-electron chi connectivity index (χ3n) is 14.0. The van der Waals surface area contributed by atoms with Crippen molar-refractivity contribution in [1.29, 1.82) is 0 Å². The molecule has 0 N–H and O–H groups in total. The average molecular weight is 625 g/mol. The van der Waals surface area contributed by atoms with Gasteiger partial charge in [-0.25, -0.2) is 0 Å². The molecule has 0 amide bonds. The van der Waals surface area contributed by atoms with E-state index in [9.17, 15) is 9.59 Å². The molecule has 0 radical (unpaired) electrons. The van der Waals surface area contributed by atoms with E-state index >= 15 is 0 Å². The Hall–Kier alpha value is -1.12. The van der Waals surface area contributed by atoms with E-state index in [0.717, 1.165) is 49.4 Å². The zero-order valence-corrected chi connectivity index (χ0v) is 30.2. The van der Waals surface area contributed by atoms with Crippen LogP contribution in [-0.2, 0) is 14.3 Å². The van der Waals surface area contributed by atoms with Crippen LogP contribution in [0.25, 0.3) is 0 Å². The molecule has 4 saturated carbocycles. The maximum Gasteiger partial charge on any atom is 0.313 e. The van der Waals surface area contributed by atoms with Crippen LogP contribution in [0.2, 0.25) is 0 Å². The van der Waals surface area contributed by atoms with Crippen LogP contribution in [0.15, 0.2) is 12.2 Å². The molecule has 3 nitrogen and oxygen atoms in total. The first-order chi connectivity index (χ1) is 21.8. The van der Waals surface area contributed by atoms with Crippen LogP contribution in [-0.4, -0.2) is 11.9 Å². The van der Waals surface area contributed by atoms with Crippen molar-refractivity contribution in [2.24, 2.45) is 46.3 Å². The molecule has 4 aliphatic rings. The molecule has 0 heterocycles. The average Bonchev–Trinajstić information content (AvgIpc) is 3.38. The summed E-state index contributed by atoms with van der Waals surface area (Å²) in [7, 11) is 0. The Morgan fingerprint density at radius 3 is 2.07 bits per heavy atom. The summed E-state index contributed by atoms with van der Waals surface area (Å²) in [5.74, 6) is 4.35. The maximum atomic E-state index is 12.6. The molecule has 4 fully saturated rings. The van der Waals surface area contributed by atoms with Gasteiger partial charge in [-0.2, -0.15) is 0 Å². The van der Waals surface area contributed by atoms with Gasteiger partial charge in [-0.15, -0.1) is 0 Å². The number of hydrogen-bond acceptors (Lipinski definition) is 3. The largest absolute Gasteiger partial charge is 0.393 e. The second-order valence-electron chi connectivity index (χ2n) is 16.8. The molecule has 0 aliphatic heterocycles. The first-order valence-corrected chi connectivity index (χ1v) is 20.2. The number of fused-ring (bicyclic) bond motifs is 5. The van der Waals surface area contributed by atoms with E-state index in [-0.39, 0.29) is 11.9 Å². The molecule has 0 saturated heterocycles. The predicted octanol–water partition coefficient (Wildman–Crippen LogP) is 12.6. The minimum Gasteiger partial charge on any atom is -0.393 e. The quantitative estimate of drug-likeness (QED) is 0.0621. The zero-order valence-electron chi connectivity index (χ0n) is 30.2. The maximum absolute atomic E-state index is 12.6. The van der Waals surface area contributed by atoms with E-state index in [1.807, 2.05) is 0 Å². The van der Waals surface area contributed by atoms with Gasteiger partial charge in [-0.05, 0) is 136 Å². The van der Waals surface area contributed by atoms with Gasteiger partial charge in [0.05, 0.1) is 0 Å². The Kier molecular flexibility index (Phi) is 15.0. The highest BCUT2D eigenvalue weighted by atomic mass is 16.6. The summed E-state index contributed by atoms with van der Waals surface area (Å²) in [5, 5.41) is 0. The van der Waals surface area contributed by atoms with E-state index in [0.29, 0.717) is 35.5 Å². The number of hydrogen-bond donors (Lipinski definition) is 0. The lowest BCUT2D eigenvalue weighted by atomic mass is 9.44. The minimum absolute atomic E-state index is 0.299. The summed E-state index contributed by atoms with van der Waals surface area (Å²) in [6.07, 6.45) is 36.8. The molecular weight excluding hydrogens is 552 g/mol. The van der Waals surface area contributed by atoms with Gasteiger partial charge in [0, 0.05) is 12.8 Å². The summed E-state index contributed by atoms with van der Waals surface area (Å²) in [4.78, 5) is 24.9. The lowest BCUT2D eigenvalue weighted by molar-refractivity contribution is -0.160. The Bertz CT molecular complexity index is 923. The SMILES string of the molecule is CCCCCCCC/C=C\CCCCCCCC(=O)OC(=O)CC[C@@H](C)[C@H]1CC[C@H]2[C@@H]3CC[C@@H]4CCCC[C@]4(C)[C@H]3CC[C@]12C. The summed E-state index contributed by atoms with van der Waals surface area (Å²) in [6, 6.07) is 0. The van der Waals surface area contributed by atoms with Crippen LogP contribution in [0.4, 0.5) is 0 Å². The van der Waals surface area contributed by atoms with Crippen molar-refractivity contribution >= 4 is 11.9 Å². The lowest BCUT2D eigenvalue weighted by Gasteiger charge is -2.61. The van der Waals surface area contributed by atoms with Gasteiger partial charge in [0.1, 0.15) is 0 Å². The van der Waals surface area contributed by atoms with Crippen LogP contribution in [0.5, 0.6) is 0 Å². The third-order valence-corrected chi connectivity index (χ3v) is 14.0. The van der Waals surface area contributed by atoms with Crippen LogP contribution < -0.4 is 0 Å². The Morgan fingerprint density at radius 1 is 0.689 bits per heavy atom. The van der Waals surface area contributed by atoms with Gasteiger partial charge < -0.3 is 4.74 Å². The normalized spacial score (nSPS) is 33.4. The lowest BCUT2D eigenvalue weighted by Crippen LogP contribution is -2.53. The highest BCUT2D eigenvalue weighted by molar-refractivity contribution is 5.85. The Balaban J connectivity index is 1.05. The highest BCUT2D eigenvalue weighted by Gasteiger charge is 2.60. The van der Waals surface area contributed by atoms with Gasteiger partial charge in [0.15, 0.2) is 0 Å².